The largest absolute Gasteiger partial charge is 0.385 e. The first-order valence-corrected chi connectivity index (χ1v) is 8.30. The van der Waals surface area contributed by atoms with E-state index in [1.54, 1.807) is 7.11 Å². The molecule has 5 heteroatoms. The fourth-order valence-corrected chi connectivity index (χ4v) is 3.19. The maximum absolute atomic E-state index is 12.6. The Balaban J connectivity index is 1.71. The van der Waals surface area contributed by atoms with Crippen LogP contribution in [0.1, 0.15) is 39.0 Å². The highest BCUT2D eigenvalue weighted by Crippen LogP contribution is 2.27. The maximum atomic E-state index is 12.6. The summed E-state index contributed by atoms with van der Waals surface area (Å²) in [6.07, 6.45) is 5.33. The molecule has 2 aliphatic heterocycles. The van der Waals surface area contributed by atoms with Crippen molar-refractivity contribution in [3.05, 3.63) is 0 Å². The van der Waals surface area contributed by atoms with E-state index in [-0.39, 0.29) is 5.91 Å². The Morgan fingerprint density at radius 1 is 1.19 bits per heavy atom. The normalized spacial score (nSPS) is 27.8. The quantitative estimate of drug-likeness (QED) is 0.697. The van der Waals surface area contributed by atoms with Crippen LogP contribution in [0, 0.1) is 0 Å². The predicted octanol–water partition coefficient (Wildman–Crippen LogP) is 1.52. The van der Waals surface area contributed by atoms with Crippen LogP contribution >= 0.6 is 0 Å². The lowest BCUT2D eigenvalue weighted by Gasteiger charge is -2.41. The monoisotopic (exact) mass is 298 g/mol. The van der Waals surface area contributed by atoms with Crippen molar-refractivity contribution in [2.45, 2.75) is 44.6 Å². The molecule has 122 valence electrons. The average molecular weight is 298 g/mol. The van der Waals surface area contributed by atoms with E-state index in [2.05, 4.69) is 4.90 Å². The van der Waals surface area contributed by atoms with Crippen LogP contribution in [0.25, 0.3) is 0 Å². The highest BCUT2D eigenvalue weighted by Gasteiger charge is 2.39. The van der Waals surface area contributed by atoms with Crippen molar-refractivity contribution < 1.29 is 14.3 Å². The fraction of sp³-hybridized carbons (Fsp3) is 0.938. The van der Waals surface area contributed by atoms with Crippen LogP contribution in [0.15, 0.2) is 0 Å². The second-order valence-corrected chi connectivity index (χ2v) is 6.37. The van der Waals surface area contributed by atoms with Crippen LogP contribution in [0.4, 0.5) is 0 Å². The summed E-state index contributed by atoms with van der Waals surface area (Å²) < 4.78 is 10.9. The molecule has 0 aromatic heterocycles. The number of carbonyl (C=O) groups excluding carboxylic acids is 1. The lowest BCUT2D eigenvalue weighted by atomic mass is 9.94. The SMILES string of the molecule is COCCCCN1CCN(C(=O)[C@]2(C)CCCCO2)CC1. The van der Waals surface area contributed by atoms with Crippen molar-refractivity contribution in [3.8, 4) is 0 Å². The number of amides is 1. The molecule has 2 heterocycles. The summed E-state index contributed by atoms with van der Waals surface area (Å²) in [6.45, 7) is 8.27. The zero-order chi connectivity index (χ0) is 15.1. The molecule has 0 aliphatic carbocycles. The summed E-state index contributed by atoms with van der Waals surface area (Å²) in [5.74, 6) is 0.196. The molecular weight excluding hydrogens is 268 g/mol. The Morgan fingerprint density at radius 2 is 1.95 bits per heavy atom. The molecule has 21 heavy (non-hydrogen) atoms. The molecule has 2 aliphatic rings. The Hall–Kier alpha value is -0.650. The van der Waals surface area contributed by atoms with Gasteiger partial charge in [-0.1, -0.05) is 0 Å². The first-order chi connectivity index (χ1) is 10.2. The number of hydrogen-bond donors (Lipinski definition) is 0. The van der Waals surface area contributed by atoms with Gasteiger partial charge in [-0.2, -0.15) is 0 Å². The summed E-state index contributed by atoms with van der Waals surface area (Å²) in [6, 6.07) is 0. The predicted molar refractivity (Wildman–Crippen MR) is 82.3 cm³/mol. The molecule has 0 saturated carbocycles. The van der Waals surface area contributed by atoms with Crippen molar-refractivity contribution >= 4 is 5.91 Å². The van der Waals surface area contributed by atoms with Crippen molar-refractivity contribution in [3.63, 3.8) is 0 Å². The molecule has 2 saturated heterocycles. The van der Waals surface area contributed by atoms with Gasteiger partial charge in [0, 0.05) is 46.5 Å². The second-order valence-electron chi connectivity index (χ2n) is 6.37. The Kier molecular flexibility index (Phi) is 6.45. The second kappa shape index (κ2) is 8.11. The molecule has 5 nitrogen and oxygen atoms in total. The third-order valence-electron chi connectivity index (χ3n) is 4.65. The maximum Gasteiger partial charge on any atom is 0.254 e. The van der Waals surface area contributed by atoms with Crippen LogP contribution in [-0.2, 0) is 14.3 Å². The molecule has 1 atom stereocenters. The van der Waals surface area contributed by atoms with E-state index < -0.39 is 5.60 Å². The molecule has 0 aromatic carbocycles. The third-order valence-corrected chi connectivity index (χ3v) is 4.65. The first-order valence-electron chi connectivity index (χ1n) is 8.30. The van der Waals surface area contributed by atoms with Gasteiger partial charge in [-0.3, -0.25) is 9.69 Å². The number of nitrogens with zero attached hydrogens (tertiary/aromatic N) is 2. The molecule has 0 aromatic rings. The summed E-state index contributed by atoms with van der Waals surface area (Å²) in [5.41, 5.74) is -0.571. The zero-order valence-electron chi connectivity index (χ0n) is 13.6. The fourth-order valence-electron chi connectivity index (χ4n) is 3.19. The number of unbranched alkanes of at least 4 members (excludes halogenated alkanes) is 1. The average Bonchev–Trinajstić information content (AvgIpc) is 2.52. The summed E-state index contributed by atoms with van der Waals surface area (Å²) in [5, 5.41) is 0. The van der Waals surface area contributed by atoms with Gasteiger partial charge in [0.15, 0.2) is 0 Å². The van der Waals surface area contributed by atoms with Crippen LogP contribution in [-0.4, -0.2) is 74.4 Å². The van der Waals surface area contributed by atoms with Gasteiger partial charge in [-0.15, -0.1) is 0 Å². The van der Waals surface area contributed by atoms with Gasteiger partial charge < -0.3 is 14.4 Å². The zero-order valence-corrected chi connectivity index (χ0v) is 13.6. The highest BCUT2D eigenvalue weighted by atomic mass is 16.5. The van der Waals surface area contributed by atoms with Crippen LogP contribution in [0.2, 0.25) is 0 Å². The lowest BCUT2D eigenvalue weighted by Crippen LogP contribution is -2.56. The molecule has 2 fully saturated rings. The highest BCUT2D eigenvalue weighted by molar-refractivity contribution is 5.85. The summed E-state index contributed by atoms with van der Waals surface area (Å²) in [7, 11) is 1.75. The van der Waals surface area contributed by atoms with E-state index in [1.807, 2.05) is 11.8 Å². The van der Waals surface area contributed by atoms with E-state index in [0.717, 1.165) is 71.6 Å². The topological polar surface area (TPSA) is 42.0 Å². The smallest absolute Gasteiger partial charge is 0.254 e. The van der Waals surface area contributed by atoms with Crippen molar-refractivity contribution in [2.75, 3.05) is 53.0 Å². The Bertz CT molecular complexity index is 321. The first kappa shape index (κ1) is 16.7. The van der Waals surface area contributed by atoms with Gasteiger partial charge in [0.1, 0.15) is 5.60 Å². The molecule has 0 radical (unpaired) electrons. The lowest BCUT2D eigenvalue weighted by molar-refractivity contribution is -0.163. The third kappa shape index (κ3) is 4.66. The van der Waals surface area contributed by atoms with E-state index in [1.165, 1.54) is 6.42 Å². The molecular formula is C16H30N2O3. The van der Waals surface area contributed by atoms with Gasteiger partial charge in [-0.05, 0) is 45.6 Å². The molecule has 0 spiro atoms. The van der Waals surface area contributed by atoms with Gasteiger partial charge in [0.05, 0.1) is 0 Å². The Morgan fingerprint density at radius 3 is 2.57 bits per heavy atom. The number of hydrogen-bond acceptors (Lipinski definition) is 4. The Labute approximate surface area is 128 Å². The molecule has 0 bridgehead atoms. The molecule has 2 rings (SSSR count). The van der Waals surface area contributed by atoms with Gasteiger partial charge in [0.2, 0.25) is 0 Å². The number of piperazine rings is 1. The minimum Gasteiger partial charge on any atom is -0.385 e. The van der Waals surface area contributed by atoms with E-state index >= 15 is 0 Å². The van der Waals surface area contributed by atoms with E-state index in [9.17, 15) is 4.79 Å². The van der Waals surface area contributed by atoms with Crippen LogP contribution in [0.3, 0.4) is 0 Å². The van der Waals surface area contributed by atoms with Gasteiger partial charge >= 0.3 is 0 Å². The molecule has 0 N–H and O–H groups in total. The molecule has 1 amide bonds. The van der Waals surface area contributed by atoms with Crippen LogP contribution in [0.5, 0.6) is 0 Å². The number of methoxy groups -OCH3 is 1. The van der Waals surface area contributed by atoms with E-state index in [0.29, 0.717) is 0 Å². The van der Waals surface area contributed by atoms with Crippen molar-refractivity contribution in [1.82, 2.24) is 9.80 Å². The number of carbonyl (C=O) groups is 1. The number of ether oxygens (including phenoxy) is 2. The van der Waals surface area contributed by atoms with Crippen molar-refractivity contribution in [1.29, 1.82) is 0 Å². The minimum absolute atomic E-state index is 0.196. The summed E-state index contributed by atoms with van der Waals surface area (Å²) >= 11 is 0. The summed E-state index contributed by atoms with van der Waals surface area (Å²) in [4.78, 5) is 17.1. The standard InChI is InChI=1S/C16H30N2O3/c1-16(7-3-5-14-21-16)15(19)18-11-9-17(10-12-18)8-4-6-13-20-2/h3-14H2,1-2H3/t16-/m0/s1. The van der Waals surface area contributed by atoms with E-state index in [4.69, 9.17) is 9.47 Å². The van der Waals surface area contributed by atoms with Gasteiger partial charge in [-0.25, -0.2) is 0 Å². The molecule has 0 unspecified atom stereocenters. The number of rotatable bonds is 6. The van der Waals surface area contributed by atoms with Crippen molar-refractivity contribution in [2.24, 2.45) is 0 Å². The minimum atomic E-state index is -0.571. The van der Waals surface area contributed by atoms with Gasteiger partial charge in [0.25, 0.3) is 5.91 Å². The van der Waals surface area contributed by atoms with Crippen LogP contribution < -0.4 is 0 Å².